The van der Waals surface area contributed by atoms with Gasteiger partial charge in [-0.2, -0.15) is 0 Å². The first-order chi connectivity index (χ1) is 9.38. The molecule has 3 atom stereocenters. The summed E-state index contributed by atoms with van der Waals surface area (Å²) in [5.74, 6) is -0.549. The molecule has 1 rings (SSSR count). The van der Waals surface area contributed by atoms with Crippen molar-refractivity contribution in [1.82, 2.24) is 4.90 Å². The van der Waals surface area contributed by atoms with Crippen molar-refractivity contribution < 1.29 is 19.4 Å². The molecule has 116 valence electrons. The van der Waals surface area contributed by atoms with Crippen LogP contribution in [0.25, 0.3) is 0 Å². The van der Waals surface area contributed by atoms with Gasteiger partial charge in [-0.15, -0.1) is 0 Å². The molecule has 0 bridgehead atoms. The highest BCUT2D eigenvalue weighted by atomic mass is 16.5. The van der Waals surface area contributed by atoms with E-state index in [9.17, 15) is 14.7 Å². The van der Waals surface area contributed by atoms with E-state index < -0.39 is 11.4 Å². The third-order valence-electron chi connectivity index (χ3n) is 4.65. The van der Waals surface area contributed by atoms with Gasteiger partial charge in [0.1, 0.15) is 5.41 Å². The molecular formula is C15H27NO4. The van der Waals surface area contributed by atoms with Crippen molar-refractivity contribution in [3.63, 3.8) is 0 Å². The summed E-state index contributed by atoms with van der Waals surface area (Å²) in [6.45, 7) is 7.13. The van der Waals surface area contributed by atoms with E-state index in [0.717, 1.165) is 6.42 Å². The van der Waals surface area contributed by atoms with Crippen molar-refractivity contribution in [2.24, 2.45) is 17.3 Å². The number of carbonyl (C=O) groups is 2. The first-order valence-corrected chi connectivity index (χ1v) is 7.39. The van der Waals surface area contributed by atoms with E-state index in [2.05, 4.69) is 13.8 Å². The second-order valence-electron chi connectivity index (χ2n) is 6.06. The number of nitrogens with zero attached hydrogens (tertiary/aromatic N) is 1. The molecule has 1 N–H and O–H groups in total. The number of likely N-dealkylation sites (tertiary alicyclic amines) is 1. The van der Waals surface area contributed by atoms with Gasteiger partial charge >= 0.3 is 5.97 Å². The zero-order valence-corrected chi connectivity index (χ0v) is 13.0. The predicted molar refractivity (Wildman–Crippen MR) is 76.4 cm³/mol. The average molecular weight is 285 g/mol. The molecule has 1 saturated heterocycles. The maximum absolute atomic E-state index is 12.5. The molecule has 1 aliphatic heterocycles. The number of ether oxygens (including phenoxy) is 1. The molecule has 1 fully saturated rings. The SMILES string of the molecule is CCC(C)C(C)C(=O)N1CCCC(COC)(C(=O)O)C1. The van der Waals surface area contributed by atoms with Crippen LogP contribution in [0.4, 0.5) is 0 Å². The summed E-state index contributed by atoms with van der Waals surface area (Å²) in [7, 11) is 1.51. The quantitative estimate of drug-likeness (QED) is 0.810. The van der Waals surface area contributed by atoms with Crippen molar-refractivity contribution in [3.05, 3.63) is 0 Å². The maximum atomic E-state index is 12.5. The van der Waals surface area contributed by atoms with Crippen molar-refractivity contribution in [2.45, 2.75) is 40.0 Å². The van der Waals surface area contributed by atoms with Gasteiger partial charge in [-0.05, 0) is 18.8 Å². The fraction of sp³-hybridized carbons (Fsp3) is 0.867. The van der Waals surface area contributed by atoms with Crippen LogP contribution in [-0.2, 0) is 14.3 Å². The number of hydrogen-bond acceptors (Lipinski definition) is 3. The minimum atomic E-state index is -0.947. The van der Waals surface area contributed by atoms with Crippen molar-refractivity contribution in [2.75, 3.05) is 26.8 Å². The van der Waals surface area contributed by atoms with E-state index in [1.165, 1.54) is 7.11 Å². The van der Waals surface area contributed by atoms with Crippen LogP contribution in [0, 0.1) is 17.3 Å². The first kappa shape index (κ1) is 17.0. The number of carbonyl (C=O) groups excluding carboxylic acids is 1. The Balaban J connectivity index is 2.82. The van der Waals surface area contributed by atoms with Gasteiger partial charge in [-0.25, -0.2) is 0 Å². The van der Waals surface area contributed by atoms with Crippen molar-refractivity contribution in [1.29, 1.82) is 0 Å². The molecule has 1 aliphatic rings. The Bertz CT molecular complexity index is 354. The molecule has 0 aliphatic carbocycles. The number of piperidine rings is 1. The fourth-order valence-electron chi connectivity index (χ4n) is 2.84. The number of methoxy groups -OCH3 is 1. The average Bonchev–Trinajstić information content (AvgIpc) is 2.45. The highest BCUT2D eigenvalue weighted by molar-refractivity contribution is 5.81. The number of aliphatic carboxylic acids is 1. The second kappa shape index (κ2) is 7.07. The molecule has 0 aromatic heterocycles. The van der Waals surface area contributed by atoms with Crippen LogP contribution < -0.4 is 0 Å². The highest BCUT2D eigenvalue weighted by Crippen LogP contribution is 2.32. The minimum Gasteiger partial charge on any atom is -0.481 e. The predicted octanol–water partition coefficient (Wildman–Crippen LogP) is 2.01. The molecule has 0 aromatic rings. The van der Waals surface area contributed by atoms with Gasteiger partial charge in [0.15, 0.2) is 0 Å². The minimum absolute atomic E-state index is 0.0628. The molecule has 1 heterocycles. The first-order valence-electron chi connectivity index (χ1n) is 7.39. The normalized spacial score (nSPS) is 26.1. The standard InChI is InChI=1S/C15H27NO4/c1-5-11(2)12(3)13(17)16-8-6-7-15(9-16,10-20-4)14(18)19/h11-12H,5-10H2,1-4H3,(H,18,19). The third kappa shape index (κ3) is 3.51. The highest BCUT2D eigenvalue weighted by Gasteiger charge is 2.44. The number of hydrogen-bond donors (Lipinski definition) is 1. The Hall–Kier alpha value is -1.10. The van der Waals surface area contributed by atoms with Gasteiger partial charge in [0.25, 0.3) is 0 Å². The summed E-state index contributed by atoms with van der Waals surface area (Å²) < 4.78 is 5.08. The number of carboxylic acids is 1. The Labute approximate surface area is 121 Å². The molecule has 3 unspecified atom stereocenters. The lowest BCUT2D eigenvalue weighted by Crippen LogP contribution is -2.53. The molecule has 0 saturated carbocycles. The van der Waals surface area contributed by atoms with E-state index in [0.29, 0.717) is 25.3 Å². The van der Waals surface area contributed by atoms with Gasteiger partial charge in [0, 0.05) is 26.1 Å². The van der Waals surface area contributed by atoms with Gasteiger partial charge in [-0.1, -0.05) is 27.2 Å². The molecule has 5 heteroatoms. The van der Waals surface area contributed by atoms with Crippen LogP contribution in [0.15, 0.2) is 0 Å². The zero-order chi connectivity index (χ0) is 15.3. The van der Waals surface area contributed by atoms with Crippen LogP contribution in [0.2, 0.25) is 0 Å². The number of amides is 1. The Morgan fingerprint density at radius 1 is 1.40 bits per heavy atom. The van der Waals surface area contributed by atoms with Crippen molar-refractivity contribution in [3.8, 4) is 0 Å². The Kier molecular flexibility index (Phi) is 5.99. The Morgan fingerprint density at radius 2 is 2.05 bits per heavy atom. The molecule has 0 radical (unpaired) electrons. The van der Waals surface area contributed by atoms with Gasteiger partial charge in [-0.3, -0.25) is 9.59 Å². The third-order valence-corrected chi connectivity index (χ3v) is 4.65. The van der Waals surface area contributed by atoms with Crippen LogP contribution in [0.3, 0.4) is 0 Å². The van der Waals surface area contributed by atoms with Crippen LogP contribution in [-0.4, -0.2) is 48.7 Å². The largest absolute Gasteiger partial charge is 0.481 e. The van der Waals surface area contributed by atoms with E-state index in [1.807, 2.05) is 6.92 Å². The maximum Gasteiger partial charge on any atom is 0.313 e. The van der Waals surface area contributed by atoms with Gasteiger partial charge < -0.3 is 14.7 Å². The van der Waals surface area contributed by atoms with E-state index in [4.69, 9.17) is 4.74 Å². The summed E-state index contributed by atoms with van der Waals surface area (Å²) >= 11 is 0. The summed E-state index contributed by atoms with van der Waals surface area (Å²) in [6, 6.07) is 0. The molecular weight excluding hydrogens is 258 g/mol. The van der Waals surface area contributed by atoms with Crippen LogP contribution >= 0.6 is 0 Å². The van der Waals surface area contributed by atoms with E-state index in [-0.39, 0.29) is 25.0 Å². The lowest BCUT2D eigenvalue weighted by molar-refractivity contribution is -0.160. The summed E-state index contributed by atoms with van der Waals surface area (Å²) in [5, 5.41) is 9.50. The van der Waals surface area contributed by atoms with E-state index >= 15 is 0 Å². The Morgan fingerprint density at radius 3 is 2.55 bits per heavy atom. The molecule has 5 nitrogen and oxygen atoms in total. The summed E-state index contributed by atoms with van der Waals surface area (Å²) in [4.78, 5) is 25.8. The van der Waals surface area contributed by atoms with Gasteiger partial charge in [0.05, 0.1) is 6.61 Å². The topological polar surface area (TPSA) is 66.8 Å². The molecule has 20 heavy (non-hydrogen) atoms. The van der Waals surface area contributed by atoms with Crippen LogP contribution in [0.1, 0.15) is 40.0 Å². The molecule has 0 spiro atoms. The smallest absolute Gasteiger partial charge is 0.313 e. The van der Waals surface area contributed by atoms with E-state index in [1.54, 1.807) is 4.90 Å². The zero-order valence-electron chi connectivity index (χ0n) is 13.0. The number of rotatable bonds is 6. The summed E-state index contributed by atoms with van der Waals surface area (Å²) in [5.41, 5.74) is -0.947. The summed E-state index contributed by atoms with van der Waals surface area (Å²) in [6.07, 6.45) is 2.23. The molecule has 1 amide bonds. The van der Waals surface area contributed by atoms with Crippen LogP contribution in [0.5, 0.6) is 0 Å². The monoisotopic (exact) mass is 285 g/mol. The fourth-order valence-corrected chi connectivity index (χ4v) is 2.84. The van der Waals surface area contributed by atoms with Gasteiger partial charge in [0.2, 0.25) is 5.91 Å². The second-order valence-corrected chi connectivity index (χ2v) is 6.06. The number of carboxylic acid groups (broad SMARTS) is 1. The lowest BCUT2D eigenvalue weighted by Gasteiger charge is -2.40. The van der Waals surface area contributed by atoms with Crippen molar-refractivity contribution >= 4 is 11.9 Å². The molecule has 0 aromatic carbocycles. The lowest BCUT2D eigenvalue weighted by atomic mass is 9.80.